The molecule has 106 valence electrons. The van der Waals surface area contributed by atoms with Crippen molar-refractivity contribution in [1.29, 1.82) is 0 Å². The number of rotatable bonds is 4. The van der Waals surface area contributed by atoms with Crippen LogP contribution in [0.2, 0.25) is 0 Å². The Bertz CT molecular complexity index is 582. The normalized spacial score (nSPS) is 10.6. The molecule has 2 rings (SSSR count). The lowest BCUT2D eigenvalue weighted by molar-refractivity contribution is 0.0795. The van der Waals surface area contributed by atoms with E-state index in [4.69, 9.17) is 4.42 Å². The fraction of sp³-hybridized carbons (Fsp3) is 0.312. The van der Waals surface area contributed by atoms with E-state index in [1.165, 1.54) is 24.3 Å². The average Bonchev–Trinajstić information content (AvgIpc) is 2.75. The lowest BCUT2D eigenvalue weighted by Gasteiger charge is -2.16. The molecule has 0 radical (unpaired) electrons. The van der Waals surface area contributed by atoms with E-state index in [9.17, 15) is 9.18 Å². The maximum Gasteiger partial charge on any atom is 0.253 e. The summed E-state index contributed by atoms with van der Waals surface area (Å²) in [5, 5.41) is 0. The Morgan fingerprint density at radius 3 is 2.45 bits per heavy atom. The average molecular weight is 275 g/mol. The lowest BCUT2D eigenvalue weighted by Crippen LogP contribution is -2.28. The van der Waals surface area contributed by atoms with Gasteiger partial charge in [-0.1, -0.05) is 0 Å². The van der Waals surface area contributed by atoms with Gasteiger partial charge in [0.25, 0.3) is 5.91 Å². The van der Waals surface area contributed by atoms with Crippen molar-refractivity contribution in [2.75, 3.05) is 13.6 Å². The number of hydrogen-bond acceptors (Lipinski definition) is 2. The maximum atomic E-state index is 12.8. The Morgan fingerprint density at radius 1 is 1.25 bits per heavy atom. The van der Waals surface area contributed by atoms with Crippen LogP contribution in [-0.4, -0.2) is 24.4 Å². The van der Waals surface area contributed by atoms with Gasteiger partial charge < -0.3 is 9.32 Å². The summed E-state index contributed by atoms with van der Waals surface area (Å²) in [5.74, 6) is 1.32. The van der Waals surface area contributed by atoms with Crippen LogP contribution in [-0.2, 0) is 6.42 Å². The first-order valence-corrected chi connectivity index (χ1v) is 6.54. The molecule has 1 aromatic carbocycles. The fourth-order valence-corrected chi connectivity index (χ4v) is 1.97. The third kappa shape index (κ3) is 3.26. The molecule has 2 aromatic rings. The van der Waals surface area contributed by atoms with Crippen LogP contribution in [0.4, 0.5) is 4.39 Å². The van der Waals surface area contributed by atoms with Crippen LogP contribution in [0, 0.1) is 19.7 Å². The molecule has 0 aliphatic rings. The Kier molecular flexibility index (Phi) is 4.23. The highest BCUT2D eigenvalue weighted by Gasteiger charge is 2.12. The molecule has 0 saturated carbocycles. The first-order chi connectivity index (χ1) is 9.47. The highest BCUT2D eigenvalue weighted by molar-refractivity contribution is 5.93. The summed E-state index contributed by atoms with van der Waals surface area (Å²) in [7, 11) is 1.73. The molecule has 0 fully saturated rings. The van der Waals surface area contributed by atoms with Crippen LogP contribution >= 0.6 is 0 Å². The summed E-state index contributed by atoms with van der Waals surface area (Å²) < 4.78 is 18.4. The Labute approximate surface area is 118 Å². The van der Waals surface area contributed by atoms with Gasteiger partial charge in [0.2, 0.25) is 0 Å². The molecule has 1 aromatic heterocycles. The largest absolute Gasteiger partial charge is 0.466 e. The Hall–Kier alpha value is -2.10. The molecular weight excluding hydrogens is 257 g/mol. The zero-order chi connectivity index (χ0) is 14.7. The number of likely N-dealkylation sites (N-methyl/N-ethyl adjacent to an activating group) is 1. The molecule has 3 nitrogen and oxygen atoms in total. The SMILES string of the molecule is Cc1cc(CCN(C)C(=O)c2ccc(F)cc2)oc1C. The zero-order valence-electron chi connectivity index (χ0n) is 11.9. The number of benzene rings is 1. The number of amides is 1. The molecule has 0 spiro atoms. The molecule has 0 atom stereocenters. The van der Waals surface area contributed by atoms with Gasteiger partial charge in [-0.05, 0) is 49.7 Å². The molecule has 0 bridgehead atoms. The van der Waals surface area contributed by atoms with Crippen molar-refractivity contribution in [3.05, 3.63) is 58.8 Å². The number of furan rings is 1. The quantitative estimate of drug-likeness (QED) is 0.857. The van der Waals surface area contributed by atoms with Gasteiger partial charge in [-0.25, -0.2) is 4.39 Å². The molecule has 0 aliphatic heterocycles. The van der Waals surface area contributed by atoms with E-state index in [0.29, 0.717) is 18.5 Å². The highest BCUT2D eigenvalue weighted by atomic mass is 19.1. The van der Waals surface area contributed by atoms with Crippen molar-refractivity contribution >= 4 is 5.91 Å². The summed E-state index contributed by atoms with van der Waals surface area (Å²) >= 11 is 0. The molecule has 0 aliphatic carbocycles. The number of nitrogens with zero attached hydrogens (tertiary/aromatic N) is 1. The van der Waals surface area contributed by atoms with Crippen LogP contribution in [0.5, 0.6) is 0 Å². The zero-order valence-corrected chi connectivity index (χ0v) is 11.9. The number of halogens is 1. The van der Waals surface area contributed by atoms with Crippen molar-refractivity contribution in [2.45, 2.75) is 20.3 Å². The number of carbonyl (C=O) groups excluding carboxylic acids is 1. The standard InChI is InChI=1S/C16H18FNO2/c1-11-10-15(20-12(11)2)8-9-18(3)16(19)13-4-6-14(17)7-5-13/h4-7,10H,8-9H2,1-3H3. The van der Waals surface area contributed by atoms with Gasteiger partial charge in [0, 0.05) is 25.6 Å². The first kappa shape index (κ1) is 14.3. The van der Waals surface area contributed by atoms with Crippen molar-refractivity contribution < 1.29 is 13.6 Å². The third-order valence-electron chi connectivity index (χ3n) is 3.35. The van der Waals surface area contributed by atoms with Crippen molar-refractivity contribution in [1.82, 2.24) is 4.90 Å². The van der Waals surface area contributed by atoms with Crippen molar-refractivity contribution in [3.63, 3.8) is 0 Å². The van der Waals surface area contributed by atoms with Gasteiger partial charge in [-0.3, -0.25) is 4.79 Å². The van der Waals surface area contributed by atoms with Crippen LogP contribution in [0.1, 0.15) is 27.4 Å². The minimum absolute atomic E-state index is 0.120. The fourth-order valence-electron chi connectivity index (χ4n) is 1.97. The molecule has 0 N–H and O–H groups in total. The Morgan fingerprint density at radius 2 is 1.90 bits per heavy atom. The second kappa shape index (κ2) is 5.90. The number of carbonyl (C=O) groups is 1. The molecule has 4 heteroatoms. The molecule has 1 heterocycles. The predicted molar refractivity (Wildman–Crippen MR) is 75.2 cm³/mol. The van der Waals surface area contributed by atoms with E-state index in [2.05, 4.69) is 0 Å². The van der Waals surface area contributed by atoms with Gasteiger partial charge in [0.05, 0.1) is 0 Å². The molecule has 20 heavy (non-hydrogen) atoms. The van der Waals surface area contributed by atoms with E-state index in [0.717, 1.165) is 17.1 Å². The van der Waals surface area contributed by atoms with Crippen molar-refractivity contribution in [2.24, 2.45) is 0 Å². The van der Waals surface area contributed by atoms with Crippen LogP contribution in [0.3, 0.4) is 0 Å². The Balaban J connectivity index is 1.95. The second-order valence-corrected chi connectivity index (χ2v) is 4.94. The molecule has 0 saturated heterocycles. The van der Waals surface area contributed by atoms with Gasteiger partial charge >= 0.3 is 0 Å². The summed E-state index contributed by atoms with van der Waals surface area (Å²) in [6.45, 7) is 4.48. The van der Waals surface area contributed by atoms with Crippen LogP contribution in [0.25, 0.3) is 0 Å². The number of hydrogen-bond donors (Lipinski definition) is 0. The van der Waals surface area contributed by atoms with E-state index in [1.54, 1.807) is 11.9 Å². The van der Waals surface area contributed by atoms with Crippen LogP contribution < -0.4 is 0 Å². The highest BCUT2D eigenvalue weighted by Crippen LogP contribution is 2.14. The van der Waals surface area contributed by atoms with Gasteiger partial charge in [0.15, 0.2) is 0 Å². The van der Waals surface area contributed by atoms with Crippen molar-refractivity contribution in [3.8, 4) is 0 Å². The smallest absolute Gasteiger partial charge is 0.253 e. The van der Waals surface area contributed by atoms with Crippen LogP contribution in [0.15, 0.2) is 34.7 Å². The summed E-state index contributed by atoms with van der Waals surface area (Å²) in [5.41, 5.74) is 1.60. The molecular formula is C16H18FNO2. The minimum atomic E-state index is -0.342. The monoisotopic (exact) mass is 275 g/mol. The predicted octanol–water partition coefficient (Wildman–Crippen LogP) is 3.35. The first-order valence-electron chi connectivity index (χ1n) is 6.54. The van der Waals surface area contributed by atoms with Gasteiger partial charge in [-0.15, -0.1) is 0 Å². The summed E-state index contributed by atoms with van der Waals surface area (Å²) in [6, 6.07) is 7.57. The van der Waals surface area contributed by atoms with Gasteiger partial charge in [0.1, 0.15) is 17.3 Å². The molecule has 1 amide bonds. The second-order valence-electron chi connectivity index (χ2n) is 4.94. The number of aryl methyl sites for hydroxylation is 2. The minimum Gasteiger partial charge on any atom is -0.466 e. The van der Waals surface area contributed by atoms with E-state index in [1.807, 2.05) is 19.9 Å². The van der Waals surface area contributed by atoms with E-state index in [-0.39, 0.29) is 11.7 Å². The topological polar surface area (TPSA) is 33.5 Å². The van der Waals surface area contributed by atoms with Gasteiger partial charge in [-0.2, -0.15) is 0 Å². The summed E-state index contributed by atoms with van der Waals surface area (Å²) in [6.07, 6.45) is 0.665. The molecule has 0 unspecified atom stereocenters. The third-order valence-corrected chi connectivity index (χ3v) is 3.35. The van der Waals surface area contributed by atoms with E-state index < -0.39 is 0 Å². The summed E-state index contributed by atoms with van der Waals surface area (Å²) in [4.78, 5) is 13.7. The maximum absolute atomic E-state index is 12.8. The lowest BCUT2D eigenvalue weighted by atomic mass is 10.2. The van der Waals surface area contributed by atoms with E-state index >= 15 is 0 Å².